The van der Waals surface area contributed by atoms with Crippen molar-refractivity contribution in [1.29, 1.82) is 0 Å². The van der Waals surface area contributed by atoms with Crippen molar-refractivity contribution in [3.8, 4) is 0 Å². The summed E-state index contributed by atoms with van der Waals surface area (Å²) < 4.78 is 7.41. The van der Waals surface area contributed by atoms with E-state index in [-0.39, 0.29) is 31.0 Å². The summed E-state index contributed by atoms with van der Waals surface area (Å²) in [7, 11) is 1.66. The van der Waals surface area contributed by atoms with Crippen LogP contribution in [0, 0.1) is 0 Å². The second-order valence-corrected chi connectivity index (χ2v) is 7.32. The molecule has 10 heteroatoms. The molecule has 2 aromatic heterocycles. The van der Waals surface area contributed by atoms with Crippen molar-refractivity contribution in [2.75, 3.05) is 6.61 Å². The lowest BCUT2D eigenvalue weighted by Gasteiger charge is -2.20. The van der Waals surface area contributed by atoms with E-state index in [9.17, 15) is 9.59 Å². The maximum atomic E-state index is 13.1. The van der Waals surface area contributed by atoms with Gasteiger partial charge in [0.2, 0.25) is 0 Å². The molecule has 2 amide bonds. The molecule has 4 rings (SSSR count). The van der Waals surface area contributed by atoms with Gasteiger partial charge in [-0.25, -0.2) is 0 Å². The Balaban J connectivity index is 1.54. The first-order valence-corrected chi connectivity index (χ1v) is 10.2. The Kier molecular flexibility index (Phi) is 6.08. The Bertz CT molecular complexity index is 1070. The summed E-state index contributed by atoms with van der Waals surface area (Å²) in [4.78, 5) is 27.3. The van der Waals surface area contributed by atoms with Crippen LogP contribution >= 0.6 is 0 Å². The third-order valence-corrected chi connectivity index (χ3v) is 5.26. The van der Waals surface area contributed by atoms with Gasteiger partial charge in [-0.1, -0.05) is 37.3 Å². The number of nitrogens with one attached hydrogen (secondary N) is 2. The number of nitrogens with zero attached hydrogens (tertiary/aromatic N) is 5. The number of benzene rings is 1. The van der Waals surface area contributed by atoms with Gasteiger partial charge in [0.1, 0.15) is 5.69 Å². The van der Waals surface area contributed by atoms with Crippen molar-refractivity contribution in [3.63, 3.8) is 0 Å². The monoisotopic (exact) mass is 423 g/mol. The van der Waals surface area contributed by atoms with E-state index < -0.39 is 0 Å². The number of rotatable bonds is 7. The van der Waals surface area contributed by atoms with Gasteiger partial charge in [-0.2, -0.15) is 4.80 Å². The molecular weight excluding hydrogens is 398 g/mol. The predicted octanol–water partition coefficient (Wildman–Crippen LogP) is 1.35. The summed E-state index contributed by atoms with van der Waals surface area (Å²) in [5, 5.41) is 17.6. The summed E-state index contributed by atoms with van der Waals surface area (Å²) in [6, 6.07) is 11.4. The first kappa shape index (κ1) is 20.7. The van der Waals surface area contributed by atoms with Gasteiger partial charge in [0.25, 0.3) is 11.8 Å². The SMILES string of the molecule is CCC(NC(=O)c1cc(C(=O)NCc2nnn(C)n2)n2c1COCC2)c1ccccc1. The average molecular weight is 423 g/mol. The molecule has 1 aliphatic heterocycles. The maximum Gasteiger partial charge on any atom is 0.268 e. The van der Waals surface area contributed by atoms with Crippen molar-refractivity contribution in [3.05, 3.63) is 64.7 Å². The largest absolute Gasteiger partial charge is 0.373 e. The average Bonchev–Trinajstić information content (AvgIpc) is 3.40. The number of fused-ring (bicyclic) bond motifs is 1. The Labute approximate surface area is 179 Å². The number of tetrazole rings is 1. The van der Waals surface area contributed by atoms with Gasteiger partial charge in [-0.15, -0.1) is 10.2 Å². The molecule has 3 aromatic rings. The van der Waals surface area contributed by atoms with Crippen LogP contribution < -0.4 is 10.6 Å². The molecule has 31 heavy (non-hydrogen) atoms. The minimum Gasteiger partial charge on any atom is -0.373 e. The molecule has 1 aromatic carbocycles. The topological polar surface area (TPSA) is 116 Å². The second kappa shape index (κ2) is 9.09. The number of hydrogen-bond acceptors (Lipinski definition) is 6. The van der Waals surface area contributed by atoms with Crippen molar-refractivity contribution in [1.82, 2.24) is 35.4 Å². The van der Waals surface area contributed by atoms with Gasteiger partial charge >= 0.3 is 0 Å². The number of carbonyl (C=O) groups is 2. The molecule has 0 saturated heterocycles. The Hall–Kier alpha value is -3.53. The predicted molar refractivity (Wildman–Crippen MR) is 111 cm³/mol. The summed E-state index contributed by atoms with van der Waals surface area (Å²) in [5.74, 6) is -0.111. The summed E-state index contributed by atoms with van der Waals surface area (Å²) in [6.07, 6.45) is 0.751. The highest BCUT2D eigenvalue weighted by Gasteiger charge is 2.27. The van der Waals surface area contributed by atoms with Crippen LogP contribution in [-0.4, -0.2) is 43.2 Å². The lowest BCUT2D eigenvalue weighted by molar-refractivity contribution is 0.0776. The number of aryl methyl sites for hydroxylation is 1. The zero-order valence-corrected chi connectivity index (χ0v) is 17.5. The molecule has 0 radical (unpaired) electrons. The standard InChI is InChI=1S/C21H25N7O3/c1-3-16(14-7-5-4-6-8-14)23-20(29)15-11-17(28-9-10-31-13-18(15)28)21(30)22-12-19-24-26-27(2)25-19/h4-8,11,16H,3,9-10,12-13H2,1-2H3,(H,22,30)(H,23,29). The first-order valence-electron chi connectivity index (χ1n) is 10.2. The third-order valence-electron chi connectivity index (χ3n) is 5.26. The van der Waals surface area contributed by atoms with Crippen LogP contribution in [0.5, 0.6) is 0 Å². The molecule has 0 bridgehead atoms. The highest BCUT2D eigenvalue weighted by Crippen LogP contribution is 2.23. The molecule has 1 unspecified atom stereocenters. The van der Waals surface area contributed by atoms with E-state index >= 15 is 0 Å². The zero-order valence-electron chi connectivity index (χ0n) is 17.5. The van der Waals surface area contributed by atoms with Crippen molar-refractivity contribution in [2.45, 2.75) is 39.1 Å². The van der Waals surface area contributed by atoms with Crippen LogP contribution in [0.15, 0.2) is 36.4 Å². The molecule has 0 fully saturated rings. The summed E-state index contributed by atoms with van der Waals surface area (Å²) in [5.41, 5.74) is 2.61. The molecular formula is C21H25N7O3. The van der Waals surface area contributed by atoms with Gasteiger partial charge in [0, 0.05) is 6.54 Å². The Morgan fingerprint density at radius 2 is 2.03 bits per heavy atom. The van der Waals surface area contributed by atoms with Crippen LogP contribution in [0.2, 0.25) is 0 Å². The van der Waals surface area contributed by atoms with Gasteiger partial charge < -0.3 is 19.9 Å². The molecule has 0 saturated carbocycles. The van der Waals surface area contributed by atoms with Crippen LogP contribution in [0.3, 0.4) is 0 Å². The maximum absolute atomic E-state index is 13.1. The molecule has 3 heterocycles. The van der Waals surface area contributed by atoms with Gasteiger partial charge in [-0.05, 0) is 23.3 Å². The van der Waals surface area contributed by atoms with Gasteiger partial charge in [0.05, 0.1) is 44.1 Å². The highest BCUT2D eigenvalue weighted by molar-refractivity contribution is 6.00. The normalized spacial score (nSPS) is 14.0. The zero-order chi connectivity index (χ0) is 21.8. The molecule has 0 spiro atoms. The van der Waals surface area contributed by atoms with E-state index in [1.54, 1.807) is 13.1 Å². The smallest absolute Gasteiger partial charge is 0.268 e. The Morgan fingerprint density at radius 1 is 1.23 bits per heavy atom. The minimum atomic E-state index is -0.301. The molecule has 1 aliphatic rings. The minimum absolute atomic E-state index is 0.117. The fourth-order valence-electron chi connectivity index (χ4n) is 3.70. The summed E-state index contributed by atoms with van der Waals surface area (Å²) in [6.45, 7) is 3.44. The number of carbonyl (C=O) groups excluding carboxylic acids is 2. The van der Waals surface area contributed by atoms with Crippen LogP contribution in [0.1, 0.15) is 57.3 Å². The van der Waals surface area contributed by atoms with Crippen molar-refractivity contribution in [2.24, 2.45) is 7.05 Å². The Morgan fingerprint density at radius 3 is 2.74 bits per heavy atom. The van der Waals surface area contributed by atoms with Crippen LogP contribution in [-0.2, 0) is 31.5 Å². The van der Waals surface area contributed by atoms with Crippen molar-refractivity contribution >= 4 is 11.8 Å². The number of ether oxygens (including phenoxy) is 1. The van der Waals surface area contributed by atoms with E-state index in [0.717, 1.165) is 12.0 Å². The lowest BCUT2D eigenvalue weighted by atomic mass is 10.0. The van der Waals surface area contributed by atoms with E-state index in [1.165, 1.54) is 4.80 Å². The third kappa shape index (κ3) is 4.48. The van der Waals surface area contributed by atoms with Crippen LogP contribution in [0.25, 0.3) is 0 Å². The number of aromatic nitrogens is 5. The highest BCUT2D eigenvalue weighted by atomic mass is 16.5. The fourth-order valence-corrected chi connectivity index (χ4v) is 3.70. The number of hydrogen-bond donors (Lipinski definition) is 2. The van der Waals surface area contributed by atoms with Gasteiger partial charge in [0.15, 0.2) is 5.82 Å². The van der Waals surface area contributed by atoms with E-state index in [4.69, 9.17) is 4.74 Å². The first-order chi connectivity index (χ1) is 15.1. The van der Waals surface area contributed by atoms with Crippen LogP contribution in [0.4, 0.5) is 0 Å². The number of amides is 2. The lowest BCUT2D eigenvalue weighted by Crippen LogP contribution is -2.30. The fraction of sp³-hybridized carbons (Fsp3) is 0.381. The van der Waals surface area contributed by atoms with Gasteiger partial charge in [-0.3, -0.25) is 9.59 Å². The van der Waals surface area contributed by atoms with E-state index in [0.29, 0.717) is 35.9 Å². The molecule has 1 atom stereocenters. The van der Waals surface area contributed by atoms with E-state index in [2.05, 4.69) is 26.0 Å². The van der Waals surface area contributed by atoms with Crippen molar-refractivity contribution < 1.29 is 14.3 Å². The molecule has 10 nitrogen and oxygen atoms in total. The molecule has 0 aliphatic carbocycles. The molecule has 162 valence electrons. The summed E-state index contributed by atoms with van der Waals surface area (Å²) >= 11 is 0. The van der Waals surface area contributed by atoms with E-state index in [1.807, 2.05) is 41.8 Å². The second-order valence-electron chi connectivity index (χ2n) is 7.32. The molecule has 2 N–H and O–H groups in total. The quantitative estimate of drug-likeness (QED) is 0.593.